The van der Waals surface area contributed by atoms with Crippen molar-refractivity contribution < 1.29 is 9.13 Å². The van der Waals surface area contributed by atoms with Gasteiger partial charge in [0, 0.05) is 18.2 Å². The number of anilines is 2. The molecule has 1 fully saturated rings. The maximum absolute atomic E-state index is 13.7. The van der Waals surface area contributed by atoms with Crippen LogP contribution in [0.25, 0.3) is 0 Å². The Morgan fingerprint density at radius 2 is 2.16 bits per heavy atom. The molecule has 0 spiro atoms. The molecular weight excluding hydrogens is 263 g/mol. The summed E-state index contributed by atoms with van der Waals surface area (Å²) < 4.78 is 19.1. The number of benzene rings is 1. The van der Waals surface area contributed by atoms with Gasteiger partial charge in [0.1, 0.15) is 0 Å². The normalized spacial score (nSPS) is 16.3. The predicted molar refractivity (Wildman–Crippen MR) is 80.6 cm³/mol. The minimum absolute atomic E-state index is 0.281. The molecule has 2 rings (SSSR count). The van der Waals surface area contributed by atoms with Crippen molar-refractivity contribution in [3.05, 3.63) is 17.9 Å². The zero-order valence-corrected chi connectivity index (χ0v) is 12.1. The van der Waals surface area contributed by atoms with Crippen molar-refractivity contribution in [1.82, 2.24) is 0 Å². The van der Waals surface area contributed by atoms with Gasteiger partial charge in [-0.1, -0.05) is 6.92 Å². The summed E-state index contributed by atoms with van der Waals surface area (Å²) in [6, 6.07) is 3.44. The molecule has 0 aromatic heterocycles. The van der Waals surface area contributed by atoms with E-state index < -0.39 is 5.82 Å². The Balaban J connectivity index is 2.09. The molecule has 0 aliphatic carbocycles. The van der Waals surface area contributed by atoms with Gasteiger partial charge in [-0.3, -0.25) is 0 Å². The summed E-state index contributed by atoms with van der Waals surface area (Å²) in [5.41, 5.74) is 7.10. The average molecular weight is 284 g/mol. The van der Waals surface area contributed by atoms with Gasteiger partial charge >= 0.3 is 0 Å². The Labute approximate surface area is 118 Å². The topological polar surface area (TPSA) is 47.3 Å². The van der Waals surface area contributed by atoms with E-state index in [2.05, 4.69) is 5.32 Å². The Bertz CT molecular complexity index is 422. The summed E-state index contributed by atoms with van der Waals surface area (Å²) in [6.07, 6.45) is 3.09. The lowest BCUT2D eigenvalue weighted by atomic mass is 10.1. The van der Waals surface area contributed by atoms with Crippen molar-refractivity contribution in [3.63, 3.8) is 0 Å². The summed E-state index contributed by atoms with van der Waals surface area (Å²) in [5, 5.41) is 3.41. The molecule has 1 aliphatic heterocycles. The zero-order valence-electron chi connectivity index (χ0n) is 11.2. The van der Waals surface area contributed by atoms with Crippen LogP contribution in [-0.2, 0) is 0 Å². The molecule has 1 aromatic rings. The molecule has 1 heterocycles. The van der Waals surface area contributed by atoms with Crippen molar-refractivity contribution in [2.45, 2.75) is 32.2 Å². The molecule has 106 valence electrons. The van der Waals surface area contributed by atoms with Gasteiger partial charge in [-0.15, -0.1) is 0 Å². The molecule has 3 nitrogen and oxygen atoms in total. The number of halogens is 1. The number of rotatable bonds is 5. The number of thioether (sulfide) groups is 1. The first kappa shape index (κ1) is 14.3. The van der Waals surface area contributed by atoms with Gasteiger partial charge < -0.3 is 15.8 Å². The van der Waals surface area contributed by atoms with E-state index in [1.165, 1.54) is 6.07 Å². The highest BCUT2D eigenvalue weighted by Crippen LogP contribution is 2.30. The molecular formula is C14H21FN2OS. The highest BCUT2D eigenvalue weighted by Gasteiger charge is 2.16. The van der Waals surface area contributed by atoms with Gasteiger partial charge in [-0.2, -0.15) is 11.8 Å². The Hall–Kier alpha value is -1.10. The second kappa shape index (κ2) is 6.89. The third kappa shape index (κ3) is 3.93. The molecule has 0 bridgehead atoms. The Morgan fingerprint density at radius 3 is 2.84 bits per heavy atom. The fourth-order valence-corrected chi connectivity index (χ4v) is 3.18. The predicted octanol–water partition coefficient (Wildman–Crippen LogP) is 3.50. The van der Waals surface area contributed by atoms with Gasteiger partial charge in [-0.05, 0) is 30.8 Å². The van der Waals surface area contributed by atoms with Crippen LogP contribution < -0.4 is 15.8 Å². The minimum atomic E-state index is -0.393. The summed E-state index contributed by atoms with van der Waals surface area (Å²) in [4.78, 5) is 0. The standard InChI is InChI=1S/C14H21FN2OS/c1-2-5-18-14-9-13(12(16)8-11(14)15)17-10-3-6-19-7-4-10/h8-10,17H,2-7,16H2,1H3. The first-order chi connectivity index (χ1) is 9.20. The first-order valence-corrected chi connectivity index (χ1v) is 7.92. The largest absolute Gasteiger partial charge is 0.490 e. The molecule has 19 heavy (non-hydrogen) atoms. The van der Waals surface area contributed by atoms with E-state index in [4.69, 9.17) is 10.5 Å². The summed E-state index contributed by atoms with van der Waals surface area (Å²) in [7, 11) is 0. The van der Waals surface area contributed by atoms with Crippen LogP contribution in [0.4, 0.5) is 15.8 Å². The van der Waals surface area contributed by atoms with Gasteiger partial charge in [0.05, 0.1) is 18.0 Å². The van der Waals surface area contributed by atoms with E-state index >= 15 is 0 Å². The van der Waals surface area contributed by atoms with E-state index in [1.54, 1.807) is 6.07 Å². The van der Waals surface area contributed by atoms with Gasteiger partial charge in [0.2, 0.25) is 0 Å². The summed E-state index contributed by atoms with van der Waals surface area (Å²) in [6.45, 7) is 2.51. The molecule has 0 unspecified atom stereocenters. The Kier molecular flexibility index (Phi) is 5.19. The van der Waals surface area contributed by atoms with E-state index in [1.807, 2.05) is 18.7 Å². The van der Waals surface area contributed by atoms with Crippen LogP contribution in [0.3, 0.4) is 0 Å². The summed E-state index contributed by atoms with van der Waals surface area (Å²) in [5.74, 6) is 2.22. The van der Waals surface area contributed by atoms with Crippen LogP contribution in [0.5, 0.6) is 5.75 Å². The lowest BCUT2D eigenvalue weighted by molar-refractivity contribution is 0.301. The lowest BCUT2D eigenvalue weighted by Crippen LogP contribution is -2.25. The van der Waals surface area contributed by atoms with Gasteiger partial charge in [0.15, 0.2) is 11.6 Å². The maximum Gasteiger partial charge on any atom is 0.167 e. The molecule has 0 saturated carbocycles. The summed E-state index contributed by atoms with van der Waals surface area (Å²) >= 11 is 1.97. The molecule has 1 aromatic carbocycles. The van der Waals surface area contributed by atoms with E-state index in [0.717, 1.165) is 36.5 Å². The molecule has 0 radical (unpaired) electrons. The third-order valence-electron chi connectivity index (χ3n) is 3.15. The highest BCUT2D eigenvalue weighted by atomic mass is 32.2. The Morgan fingerprint density at radius 1 is 1.42 bits per heavy atom. The minimum Gasteiger partial charge on any atom is -0.490 e. The van der Waals surface area contributed by atoms with Gasteiger partial charge in [-0.25, -0.2) is 4.39 Å². The smallest absolute Gasteiger partial charge is 0.167 e. The van der Waals surface area contributed by atoms with Crippen LogP contribution in [0.2, 0.25) is 0 Å². The number of nitrogens with two attached hydrogens (primary N) is 1. The van der Waals surface area contributed by atoms with Crippen molar-refractivity contribution >= 4 is 23.1 Å². The van der Waals surface area contributed by atoms with Crippen molar-refractivity contribution in [2.75, 3.05) is 29.2 Å². The SMILES string of the molecule is CCCOc1cc(NC2CCSCC2)c(N)cc1F. The zero-order chi connectivity index (χ0) is 13.7. The van der Waals surface area contributed by atoms with Crippen LogP contribution in [0, 0.1) is 5.82 Å². The van der Waals surface area contributed by atoms with E-state index in [0.29, 0.717) is 18.3 Å². The van der Waals surface area contributed by atoms with Gasteiger partial charge in [0.25, 0.3) is 0 Å². The van der Waals surface area contributed by atoms with Crippen molar-refractivity contribution in [2.24, 2.45) is 0 Å². The first-order valence-electron chi connectivity index (χ1n) is 6.76. The second-order valence-corrected chi connectivity index (χ2v) is 5.97. The maximum atomic E-state index is 13.7. The number of ether oxygens (including phenoxy) is 1. The van der Waals surface area contributed by atoms with Crippen LogP contribution in [0.15, 0.2) is 12.1 Å². The highest BCUT2D eigenvalue weighted by molar-refractivity contribution is 7.99. The quantitative estimate of drug-likeness (QED) is 0.812. The average Bonchev–Trinajstić information content (AvgIpc) is 2.42. The molecule has 3 N–H and O–H groups in total. The van der Waals surface area contributed by atoms with Crippen molar-refractivity contribution in [3.8, 4) is 5.75 Å². The van der Waals surface area contributed by atoms with Crippen LogP contribution in [-0.4, -0.2) is 24.2 Å². The van der Waals surface area contributed by atoms with Crippen LogP contribution >= 0.6 is 11.8 Å². The number of hydrogen-bond acceptors (Lipinski definition) is 4. The molecule has 1 aliphatic rings. The molecule has 1 saturated heterocycles. The van der Waals surface area contributed by atoms with Crippen molar-refractivity contribution in [1.29, 1.82) is 0 Å². The number of hydrogen-bond donors (Lipinski definition) is 2. The van der Waals surface area contributed by atoms with E-state index in [9.17, 15) is 4.39 Å². The second-order valence-electron chi connectivity index (χ2n) is 4.75. The molecule has 0 atom stereocenters. The molecule has 0 amide bonds. The number of nitrogen functional groups attached to an aromatic ring is 1. The number of nitrogens with one attached hydrogen (secondary N) is 1. The van der Waals surface area contributed by atoms with Crippen LogP contribution in [0.1, 0.15) is 26.2 Å². The molecule has 5 heteroatoms. The third-order valence-corrected chi connectivity index (χ3v) is 4.20. The lowest BCUT2D eigenvalue weighted by Gasteiger charge is -2.24. The fourth-order valence-electron chi connectivity index (χ4n) is 2.08. The van der Waals surface area contributed by atoms with E-state index in [-0.39, 0.29) is 5.75 Å². The monoisotopic (exact) mass is 284 g/mol. The fraction of sp³-hybridized carbons (Fsp3) is 0.571.